The molecule has 0 spiro atoms. The lowest BCUT2D eigenvalue weighted by atomic mass is 9.87. The lowest BCUT2D eigenvalue weighted by Gasteiger charge is -2.39. The summed E-state index contributed by atoms with van der Waals surface area (Å²) in [6.45, 7) is 8.44. The number of methoxy groups -OCH3 is 2. The van der Waals surface area contributed by atoms with E-state index in [0.717, 1.165) is 0 Å². The van der Waals surface area contributed by atoms with Gasteiger partial charge in [-0.25, -0.2) is 14.2 Å². The summed E-state index contributed by atoms with van der Waals surface area (Å²) in [6, 6.07) is 5.14. The molecule has 0 aliphatic carbocycles. The average Bonchev–Trinajstić information content (AvgIpc) is 2.84. The second kappa shape index (κ2) is 13.3. The van der Waals surface area contributed by atoms with Crippen molar-refractivity contribution in [2.75, 3.05) is 27.4 Å². The van der Waals surface area contributed by atoms with E-state index < -0.39 is 54.9 Å². The molecule has 2 amide bonds. The van der Waals surface area contributed by atoms with Crippen LogP contribution in [0, 0.1) is 5.41 Å². The minimum atomic E-state index is -4.18. The van der Waals surface area contributed by atoms with Gasteiger partial charge in [0.2, 0.25) is 0 Å². The van der Waals surface area contributed by atoms with Crippen LogP contribution in [0.25, 0.3) is 0 Å². The van der Waals surface area contributed by atoms with Gasteiger partial charge in [-0.1, -0.05) is 26.0 Å². The number of rotatable bonds is 10. The van der Waals surface area contributed by atoms with Crippen molar-refractivity contribution in [3.8, 4) is 5.75 Å². The molecule has 0 radical (unpaired) electrons. The molecule has 1 fully saturated rings. The highest BCUT2D eigenvalue weighted by Gasteiger charge is 2.50. The molecule has 1 unspecified atom stereocenters. The number of benzene rings is 1. The van der Waals surface area contributed by atoms with E-state index in [9.17, 15) is 23.7 Å². The van der Waals surface area contributed by atoms with Gasteiger partial charge in [-0.15, -0.1) is 0 Å². The molecule has 13 nitrogen and oxygen atoms in total. The van der Waals surface area contributed by atoms with E-state index in [-0.39, 0.29) is 31.7 Å². The summed E-state index contributed by atoms with van der Waals surface area (Å²) < 4.78 is 44.2. The molecule has 14 heteroatoms. The zero-order chi connectivity index (χ0) is 29.4. The van der Waals surface area contributed by atoms with Crippen LogP contribution in [0.5, 0.6) is 5.75 Å². The van der Waals surface area contributed by atoms with E-state index >= 15 is 0 Å². The fraction of sp³-hybridized carbons (Fsp3) is 0.600. The molecule has 39 heavy (non-hydrogen) atoms. The molecule has 0 aromatic heterocycles. The van der Waals surface area contributed by atoms with E-state index in [0.29, 0.717) is 5.56 Å². The van der Waals surface area contributed by atoms with Crippen molar-refractivity contribution < 1.29 is 51.5 Å². The van der Waals surface area contributed by atoms with Gasteiger partial charge in [0.25, 0.3) is 5.91 Å². The molecular weight excluding hydrogens is 535 g/mol. The quantitative estimate of drug-likeness (QED) is 0.241. The fourth-order valence-corrected chi connectivity index (χ4v) is 5.06. The molecule has 1 aliphatic heterocycles. The zero-order valence-electron chi connectivity index (χ0n) is 23.2. The highest BCUT2D eigenvalue weighted by Crippen LogP contribution is 2.56. The summed E-state index contributed by atoms with van der Waals surface area (Å²) >= 11 is 0. The molecule has 218 valence electrons. The van der Waals surface area contributed by atoms with Crippen LogP contribution in [-0.4, -0.2) is 69.1 Å². The maximum absolute atomic E-state index is 13.2. The van der Waals surface area contributed by atoms with Gasteiger partial charge in [-0.2, -0.15) is 0 Å². The third-order valence-corrected chi connectivity index (χ3v) is 6.74. The number of nitrogens with one attached hydrogen (secondary N) is 2. The minimum Gasteiger partial charge on any atom is -0.469 e. The zero-order valence-corrected chi connectivity index (χ0v) is 24.1. The summed E-state index contributed by atoms with van der Waals surface area (Å²) in [5.74, 6) is -1.59. The van der Waals surface area contributed by atoms with Gasteiger partial charge in [0.15, 0.2) is 6.10 Å². The summed E-state index contributed by atoms with van der Waals surface area (Å²) in [4.78, 5) is 48.3. The van der Waals surface area contributed by atoms with Gasteiger partial charge in [-0.05, 0) is 38.5 Å². The Balaban J connectivity index is 2.05. The molecule has 1 aliphatic rings. The molecule has 2 N–H and O–H groups in total. The highest BCUT2D eigenvalue weighted by molar-refractivity contribution is 7.49. The molecule has 0 bridgehead atoms. The van der Waals surface area contributed by atoms with Crippen LogP contribution < -0.4 is 15.2 Å². The van der Waals surface area contributed by atoms with Crippen LogP contribution in [0.15, 0.2) is 24.3 Å². The number of hydrogen-bond acceptors (Lipinski definition) is 11. The summed E-state index contributed by atoms with van der Waals surface area (Å²) in [7, 11) is -1.73. The Morgan fingerprint density at radius 3 is 2.31 bits per heavy atom. The molecule has 1 aromatic rings. The predicted octanol–water partition coefficient (Wildman–Crippen LogP) is 2.90. The van der Waals surface area contributed by atoms with Crippen molar-refractivity contribution in [2.24, 2.45) is 5.41 Å². The number of alkyl carbamates (subject to hydrolysis) is 1. The maximum atomic E-state index is 13.2. The molecule has 0 saturated carbocycles. The second-order valence-electron chi connectivity index (χ2n) is 10.5. The number of hydrogen-bond donors (Lipinski definition) is 2. The maximum Gasteiger partial charge on any atom is 0.530 e. The van der Waals surface area contributed by atoms with E-state index in [1.165, 1.54) is 26.4 Å². The first kappa shape index (κ1) is 32.1. The number of phosphoric ester groups is 1. The van der Waals surface area contributed by atoms with Crippen molar-refractivity contribution in [1.82, 2.24) is 10.6 Å². The van der Waals surface area contributed by atoms with Crippen molar-refractivity contribution in [1.29, 1.82) is 0 Å². The third-order valence-electron chi connectivity index (χ3n) is 5.39. The van der Waals surface area contributed by atoms with Crippen molar-refractivity contribution in [2.45, 2.75) is 65.2 Å². The van der Waals surface area contributed by atoms with Crippen molar-refractivity contribution in [3.63, 3.8) is 0 Å². The number of amides is 2. The monoisotopic (exact) mass is 572 g/mol. The Hall–Kier alpha value is -3.15. The highest BCUT2D eigenvalue weighted by atomic mass is 31.2. The molecule has 1 heterocycles. The van der Waals surface area contributed by atoms with Crippen LogP contribution in [0.4, 0.5) is 4.79 Å². The van der Waals surface area contributed by atoms with Crippen LogP contribution in [0.2, 0.25) is 0 Å². The SMILES string of the molecule is COC(=O)CCNC(=O)[C@@H]1OP(=O)(Oc2ccc(C[C@H](NC(=O)OC(C)(C)C)C(=O)OC)cc2)OCC1(C)C. The smallest absolute Gasteiger partial charge is 0.469 e. The Bertz CT molecular complexity index is 1080. The van der Waals surface area contributed by atoms with E-state index in [4.69, 9.17) is 23.0 Å². The molecular formula is C25H37N2O11P. The summed E-state index contributed by atoms with van der Waals surface area (Å²) in [6.07, 6.45) is -1.89. The van der Waals surface area contributed by atoms with Crippen LogP contribution in [0.1, 0.15) is 46.6 Å². The number of carbonyl (C=O) groups excluding carboxylic acids is 4. The first-order valence-electron chi connectivity index (χ1n) is 12.2. The van der Waals surface area contributed by atoms with E-state index in [1.54, 1.807) is 46.8 Å². The number of carbonyl (C=O) groups is 4. The minimum absolute atomic E-state index is 0.0181. The van der Waals surface area contributed by atoms with Crippen LogP contribution in [0.3, 0.4) is 0 Å². The summed E-state index contributed by atoms with van der Waals surface area (Å²) in [5, 5.41) is 5.06. The predicted molar refractivity (Wildman–Crippen MR) is 138 cm³/mol. The lowest BCUT2D eigenvalue weighted by Crippen LogP contribution is -2.50. The van der Waals surface area contributed by atoms with Crippen LogP contribution >= 0.6 is 7.82 Å². The van der Waals surface area contributed by atoms with Gasteiger partial charge in [0.05, 0.1) is 27.2 Å². The van der Waals surface area contributed by atoms with E-state index in [2.05, 4.69) is 15.4 Å². The molecule has 2 rings (SSSR count). The van der Waals surface area contributed by atoms with Gasteiger partial charge >= 0.3 is 25.9 Å². The number of ether oxygens (including phenoxy) is 3. The van der Waals surface area contributed by atoms with Gasteiger partial charge in [0.1, 0.15) is 17.4 Å². The topological polar surface area (TPSA) is 165 Å². The van der Waals surface area contributed by atoms with Gasteiger partial charge < -0.3 is 29.4 Å². The normalized spacial score (nSPS) is 21.2. The Morgan fingerprint density at radius 1 is 1.10 bits per heavy atom. The average molecular weight is 573 g/mol. The Morgan fingerprint density at radius 2 is 1.74 bits per heavy atom. The largest absolute Gasteiger partial charge is 0.530 e. The van der Waals surface area contributed by atoms with Crippen molar-refractivity contribution in [3.05, 3.63) is 29.8 Å². The van der Waals surface area contributed by atoms with Crippen LogP contribution in [-0.2, 0) is 48.6 Å². The number of phosphoric acid groups is 1. The Kier molecular flexibility index (Phi) is 10.9. The third kappa shape index (κ3) is 10.2. The molecule has 1 saturated heterocycles. The molecule has 3 atom stereocenters. The standard InChI is InChI=1S/C25H37N2O11P/c1-24(2,3)36-23(31)27-18(22(30)34-7)14-16-8-10-17(11-9-16)37-39(32)35-15-25(4,5)20(38-39)21(29)26-13-12-19(28)33-6/h8-11,18,20H,12-15H2,1-7H3,(H,26,29)(H,27,31)/t18-,20-,39?/m0/s1. The lowest BCUT2D eigenvalue weighted by molar-refractivity contribution is -0.143. The van der Waals surface area contributed by atoms with Gasteiger partial charge in [-0.3, -0.25) is 18.6 Å². The second-order valence-corrected chi connectivity index (χ2v) is 12.0. The summed E-state index contributed by atoms with van der Waals surface area (Å²) in [5.41, 5.74) is -0.954. The first-order chi connectivity index (χ1) is 18.1. The van der Waals surface area contributed by atoms with Crippen molar-refractivity contribution >= 4 is 31.8 Å². The van der Waals surface area contributed by atoms with Gasteiger partial charge in [0, 0.05) is 18.4 Å². The number of esters is 2. The first-order valence-corrected chi connectivity index (χ1v) is 13.7. The Labute approximate surface area is 227 Å². The van der Waals surface area contributed by atoms with E-state index in [1.807, 2.05) is 0 Å². The molecule has 1 aromatic carbocycles. The fourth-order valence-electron chi connectivity index (χ4n) is 3.39.